The number of nitrogens with two attached hydrogens (primary N) is 1. The van der Waals surface area contributed by atoms with E-state index in [0.29, 0.717) is 30.4 Å². The molecule has 6 heteroatoms. The number of hydrogen-bond acceptors (Lipinski definition) is 6. The summed E-state index contributed by atoms with van der Waals surface area (Å²) in [6, 6.07) is 15.4. The molecule has 2 fully saturated rings. The highest BCUT2D eigenvalue weighted by Crippen LogP contribution is 2.31. The molecule has 2 aliphatic rings. The fraction of sp³-hybridized carbons (Fsp3) is 0.500. The van der Waals surface area contributed by atoms with Gasteiger partial charge in [0, 0.05) is 37.3 Å². The SMILES string of the molecule is Nc1cc(C2CNNC2C2CCCCN2CCOCc2ccccc2)ccn1. The van der Waals surface area contributed by atoms with Gasteiger partial charge in [0.1, 0.15) is 5.82 Å². The number of rotatable bonds is 7. The van der Waals surface area contributed by atoms with Crippen molar-refractivity contribution in [2.75, 3.05) is 32.0 Å². The van der Waals surface area contributed by atoms with Crippen molar-refractivity contribution in [2.24, 2.45) is 0 Å². The van der Waals surface area contributed by atoms with Gasteiger partial charge in [0.25, 0.3) is 0 Å². The van der Waals surface area contributed by atoms with Crippen LogP contribution >= 0.6 is 0 Å². The summed E-state index contributed by atoms with van der Waals surface area (Å²) in [5.74, 6) is 0.999. The van der Waals surface area contributed by atoms with Gasteiger partial charge in [-0.1, -0.05) is 36.8 Å². The molecule has 4 N–H and O–H groups in total. The largest absolute Gasteiger partial charge is 0.384 e. The minimum absolute atomic E-state index is 0.372. The van der Waals surface area contributed by atoms with E-state index in [9.17, 15) is 0 Å². The lowest BCUT2D eigenvalue weighted by Gasteiger charge is -2.40. The summed E-state index contributed by atoms with van der Waals surface area (Å²) in [5, 5.41) is 0. The maximum absolute atomic E-state index is 5.96. The maximum Gasteiger partial charge on any atom is 0.123 e. The van der Waals surface area contributed by atoms with Gasteiger partial charge in [0.15, 0.2) is 0 Å². The molecule has 3 atom stereocenters. The Morgan fingerprint density at radius 2 is 2.07 bits per heavy atom. The monoisotopic (exact) mass is 381 g/mol. The van der Waals surface area contributed by atoms with Crippen molar-refractivity contribution in [3.63, 3.8) is 0 Å². The molecule has 0 amide bonds. The van der Waals surface area contributed by atoms with E-state index in [4.69, 9.17) is 10.5 Å². The van der Waals surface area contributed by atoms with Crippen LogP contribution in [0.5, 0.6) is 0 Å². The number of hydrogen-bond donors (Lipinski definition) is 3. The van der Waals surface area contributed by atoms with Gasteiger partial charge in [0.05, 0.1) is 13.2 Å². The predicted octanol–water partition coefficient (Wildman–Crippen LogP) is 2.30. The predicted molar refractivity (Wildman–Crippen MR) is 112 cm³/mol. The van der Waals surface area contributed by atoms with E-state index < -0.39 is 0 Å². The zero-order valence-corrected chi connectivity index (χ0v) is 16.4. The Balaban J connectivity index is 1.36. The Bertz CT molecular complexity index is 741. The summed E-state index contributed by atoms with van der Waals surface area (Å²) in [6.45, 7) is 4.48. The number of nitrogens with one attached hydrogen (secondary N) is 2. The zero-order valence-electron chi connectivity index (χ0n) is 16.4. The minimum atomic E-state index is 0.372. The van der Waals surface area contributed by atoms with Gasteiger partial charge in [-0.15, -0.1) is 0 Å². The van der Waals surface area contributed by atoms with Crippen LogP contribution in [0.1, 0.15) is 36.3 Å². The molecule has 2 saturated heterocycles. The lowest BCUT2D eigenvalue weighted by Crippen LogP contribution is -2.53. The van der Waals surface area contributed by atoms with Crippen molar-refractivity contribution in [2.45, 2.75) is 43.9 Å². The number of nitrogen functional groups attached to an aromatic ring is 1. The highest BCUT2D eigenvalue weighted by molar-refractivity contribution is 5.35. The van der Waals surface area contributed by atoms with Crippen LogP contribution in [-0.2, 0) is 11.3 Å². The summed E-state index contributed by atoms with van der Waals surface area (Å²) in [4.78, 5) is 6.76. The highest BCUT2D eigenvalue weighted by Gasteiger charge is 2.38. The topological polar surface area (TPSA) is 75.4 Å². The van der Waals surface area contributed by atoms with Crippen molar-refractivity contribution in [3.05, 3.63) is 59.8 Å². The molecule has 0 aliphatic carbocycles. The first-order valence-electron chi connectivity index (χ1n) is 10.4. The molecular weight excluding hydrogens is 350 g/mol. The first-order valence-corrected chi connectivity index (χ1v) is 10.4. The van der Waals surface area contributed by atoms with Crippen molar-refractivity contribution in [1.82, 2.24) is 20.7 Å². The third-order valence-corrected chi connectivity index (χ3v) is 5.97. The van der Waals surface area contributed by atoms with Crippen LogP contribution < -0.4 is 16.6 Å². The molecule has 28 heavy (non-hydrogen) atoms. The molecule has 0 spiro atoms. The molecule has 6 nitrogen and oxygen atoms in total. The molecule has 2 aromatic rings. The van der Waals surface area contributed by atoms with Crippen LogP contribution in [-0.4, -0.2) is 48.2 Å². The number of nitrogens with zero attached hydrogens (tertiary/aromatic N) is 2. The van der Waals surface area contributed by atoms with Crippen molar-refractivity contribution < 1.29 is 4.74 Å². The summed E-state index contributed by atoms with van der Waals surface area (Å²) in [7, 11) is 0. The lowest BCUT2D eigenvalue weighted by atomic mass is 9.84. The molecule has 150 valence electrons. The van der Waals surface area contributed by atoms with E-state index in [1.54, 1.807) is 0 Å². The van der Waals surface area contributed by atoms with Crippen LogP contribution in [0.4, 0.5) is 5.82 Å². The van der Waals surface area contributed by atoms with E-state index in [2.05, 4.69) is 51.1 Å². The van der Waals surface area contributed by atoms with Crippen LogP contribution in [0.2, 0.25) is 0 Å². The van der Waals surface area contributed by atoms with Crippen LogP contribution in [0.3, 0.4) is 0 Å². The van der Waals surface area contributed by atoms with Crippen LogP contribution in [0.25, 0.3) is 0 Å². The number of likely N-dealkylation sites (tertiary alicyclic amines) is 1. The van der Waals surface area contributed by atoms with E-state index in [1.807, 2.05) is 18.3 Å². The average Bonchev–Trinajstić information content (AvgIpc) is 3.22. The molecule has 3 unspecified atom stereocenters. The fourth-order valence-corrected chi connectivity index (χ4v) is 4.55. The molecule has 4 rings (SSSR count). The molecular formula is C22H31N5O. The Hall–Kier alpha value is -1.99. The van der Waals surface area contributed by atoms with Crippen molar-refractivity contribution >= 4 is 5.82 Å². The molecule has 1 aromatic carbocycles. The van der Waals surface area contributed by atoms with E-state index >= 15 is 0 Å². The number of anilines is 1. The van der Waals surface area contributed by atoms with Gasteiger partial charge in [-0.2, -0.15) is 0 Å². The number of pyridine rings is 1. The van der Waals surface area contributed by atoms with E-state index in [-0.39, 0.29) is 0 Å². The second-order valence-electron chi connectivity index (χ2n) is 7.81. The maximum atomic E-state index is 5.96. The van der Waals surface area contributed by atoms with Crippen molar-refractivity contribution in [3.8, 4) is 0 Å². The molecule has 0 saturated carbocycles. The van der Waals surface area contributed by atoms with E-state index in [0.717, 1.165) is 26.2 Å². The smallest absolute Gasteiger partial charge is 0.123 e. The van der Waals surface area contributed by atoms with E-state index in [1.165, 1.54) is 30.4 Å². The van der Waals surface area contributed by atoms with Crippen LogP contribution in [0, 0.1) is 0 Å². The first-order chi connectivity index (χ1) is 13.8. The first kappa shape index (κ1) is 19.3. The van der Waals surface area contributed by atoms with Gasteiger partial charge in [-0.3, -0.25) is 15.8 Å². The summed E-state index contributed by atoms with van der Waals surface area (Å²) in [5.41, 5.74) is 15.3. The zero-order chi connectivity index (χ0) is 19.2. The van der Waals surface area contributed by atoms with Crippen molar-refractivity contribution in [1.29, 1.82) is 0 Å². The fourth-order valence-electron chi connectivity index (χ4n) is 4.55. The number of piperidine rings is 1. The van der Waals surface area contributed by atoms with Gasteiger partial charge >= 0.3 is 0 Å². The summed E-state index contributed by atoms with van der Waals surface area (Å²) in [6.07, 6.45) is 5.59. The summed E-state index contributed by atoms with van der Waals surface area (Å²) >= 11 is 0. The Kier molecular flexibility index (Phi) is 6.54. The number of hydrazine groups is 1. The van der Waals surface area contributed by atoms with Gasteiger partial charge in [-0.05, 0) is 42.6 Å². The molecule has 0 bridgehead atoms. The Morgan fingerprint density at radius 3 is 2.93 bits per heavy atom. The third-order valence-electron chi connectivity index (χ3n) is 5.97. The quantitative estimate of drug-likeness (QED) is 0.639. The number of aromatic nitrogens is 1. The second kappa shape index (κ2) is 9.47. The number of benzene rings is 1. The highest BCUT2D eigenvalue weighted by atomic mass is 16.5. The van der Waals surface area contributed by atoms with Gasteiger partial charge in [0.2, 0.25) is 0 Å². The lowest BCUT2D eigenvalue weighted by molar-refractivity contribution is 0.0520. The molecule has 3 heterocycles. The molecule has 1 aromatic heterocycles. The molecule has 2 aliphatic heterocycles. The average molecular weight is 382 g/mol. The normalized spacial score (nSPS) is 25.8. The standard InChI is InChI=1S/C22H31N5O/c23-21-14-18(9-10-24-21)19-15-25-26-22(19)20-8-4-5-11-27(20)12-13-28-16-17-6-2-1-3-7-17/h1-3,6-7,9-10,14,19-20,22,25-26H,4-5,8,11-13,15-16H2,(H2,23,24). The number of ether oxygens (including phenoxy) is 1. The third kappa shape index (κ3) is 4.70. The Labute approximate surface area is 167 Å². The van der Waals surface area contributed by atoms with Gasteiger partial charge in [-0.25, -0.2) is 4.98 Å². The minimum Gasteiger partial charge on any atom is -0.384 e. The second-order valence-corrected chi connectivity index (χ2v) is 7.81. The Morgan fingerprint density at radius 1 is 1.18 bits per heavy atom. The van der Waals surface area contributed by atoms with Crippen LogP contribution in [0.15, 0.2) is 48.7 Å². The van der Waals surface area contributed by atoms with Gasteiger partial charge < -0.3 is 10.5 Å². The summed E-state index contributed by atoms with van der Waals surface area (Å²) < 4.78 is 5.96. The molecule has 0 radical (unpaired) electrons.